The number of aliphatic hydroxyl groups is 1. The summed E-state index contributed by atoms with van der Waals surface area (Å²) >= 11 is 0. The Morgan fingerprint density at radius 3 is 1.77 bits per heavy atom. The molecule has 0 bridgehead atoms. The van der Waals surface area contributed by atoms with Gasteiger partial charge in [0.25, 0.3) is 0 Å². The molecule has 1 aromatic heterocycles. The molecule has 2 aromatic carbocycles. The van der Waals surface area contributed by atoms with E-state index in [1.54, 1.807) is 0 Å². The average molecular weight is 429 g/mol. The van der Waals surface area contributed by atoms with Crippen LogP contribution in [0.4, 0.5) is 26.3 Å². The van der Waals surface area contributed by atoms with Gasteiger partial charge in [-0.2, -0.15) is 0 Å². The van der Waals surface area contributed by atoms with Crippen molar-refractivity contribution >= 4 is 0 Å². The second kappa shape index (κ2) is 8.23. The predicted molar refractivity (Wildman–Crippen MR) is 94.4 cm³/mol. The molecule has 10 heteroatoms. The second-order valence-corrected chi connectivity index (χ2v) is 5.99. The number of nitrogens with zero attached hydrogens (tertiary/aromatic N) is 1. The maximum atomic E-state index is 12.8. The van der Waals surface area contributed by atoms with E-state index >= 15 is 0 Å². The second-order valence-electron chi connectivity index (χ2n) is 5.99. The molecule has 0 unspecified atom stereocenters. The summed E-state index contributed by atoms with van der Waals surface area (Å²) in [4.78, 5) is 4.08. The molecule has 3 rings (SSSR count). The monoisotopic (exact) mass is 429 g/mol. The number of rotatable bonds is 5. The molecule has 0 saturated heterocycles. The fourth-order valence-electron chi connectivity index (χ4n) is 2.79. The van der Waals surface area contributed by atoms with Gasteiger partial charge in [0.15, 0.2) is 0 Å². The van der Waals surface area contributed by atoms with Gasteiger partial charge < -0.3 is 14.6 Å². The third kappa shape index (κ3) is 5.20. The van der Waals surface area contributed by atoms with Crippen molar-refractivity contribution in [1.29, 1.82) is 0 Å². The Kier molecular flexibility index (Phi) is 5.88. The highest BCUT2D eigenvalue weighted by atomic mass is 19.4. The Labute approximate surface area is 166 Å². The molecule has 30 heavy (non-hydrogen) atoms. The fraction of sp³-hybridized carbons (Fsp3) is 0.150. The van der Waals surface area contributed by atoms with Crippen molar-refractivity contribution < 1.29 is 40.9 Å². The van der Waals surface area contributed by atoms with E-state index in [4.69, 9.17) is 0 Å². The summed E-state index contributed by atoms with van der Waals surface area (Å²) in [5.74, 6) is -1.15. The van der Waals surface area contributed by atoms with Gasteiger partial charge in [-0.05, 0) is 29.8 Å². The van der Waals surface area contributed by atoms with Crippen molar-refractivity contribution in [1.82, 2.24) is 4.98 Å². The minimum atomic E-state index is -4.99. The van der Waals surface area contributed by atoms with Gasteiger partial charge >= 0.3 is 12.7 Å². The molecule has 0 radical (unpaired) electrons. The Morgan fingerprint density at radius 1 is 0.733 bits per heavy atom. The molecule has 158 valence electrons. The van der Waals surface area contributed by atoms with E-state index in [0.717, 1.165) is 12.1 Å². The molecule has 0 fully saturated rings. The van der Waals surface area contributed by atoms with Crippen molar-refractivity contribution in [2.24, 2.45) is 0 Å². The molecule has 1 heterocycles. The Balaban J connectivity index is 2.23. The van der Waals surface area contributed by atoms with Crippen LogP contribution in [0.5, 0.6) is 11.5 Å². The Morgan fingerprint density at radius 2 is 1.23 bits per heavy atom. The summed E-state index contributed by atoms with van der Waals surface area (Å²) < 4.78 is 85.0. The molecule has 0 aliphatic rings. The molecule has 0 aliphatic carbocycles. The van der Waals surface area contributed by atoms with Gasteiger partial charge in [-0.15, -0.1) is 26.3 Å². The first-order valence-corrected chi connectivity index (χ1v) is 8.37. The van der Waals surface area contributed by atoms with Gasteiger partial charge in [-0.25, -0.2) is 0 Å². The zero-order valence-corrected chi connectivity index (χ0v) is 15.0. The maximum absolute atomic E-state index is 12.8. The number of hydrogen-bond acceptors (Lipinski definition) is 4. The van der Waals surface area contributed by atoms with Crippen molar-refractivity contribution in [3.8, 4) is 33.9 Å². The molecule has 0 saturated carbocycles. The number of aliphatic hydroxyl groups excluding tert-OH is 1. The SMILES string of the molecule is OCc1cnc(-c2ccccc2OC(F)(F)F)c(-c2ccccc2OC(F)(F)F)c1. The van der Waals surface area contributed by atoms with Crippen LogP contribution >= 0.6 is 0 Å². The van der Waals surface area contributed by atoms with Crippen LogP contribution in [0.1, 0.15) is 5.56 Å². The number of hydrogen-bond donors (Lipinski definition) is 1. The first-order valence-electron chi connectivity index (χ1n) is 8.37. The third-order valence-corrected chi connectivity index (χ3v) is 3.90. The number of ether oxygens (including phenoxy) is 2. The van der Waals surface area contributed by atoms with Crippen LogP contribution in [0.3, 0.4) is 0 Å². The highest BCUT2D eigenvalue weighted by molar-refractivity contribution is 5.86. The number of aromatic nitrogens is 1. The quantitative estimate of drug-likeness (QED) is 0.529. The van der Waals surface area contributed by atoms with Gasteiger partial charge in [0.2, 0.25) is 0 Å². The van der Waals surface area contributed by atoms with Crippen LogP contribution in [0.25, 0.3) is 22.4 Å². The number of pyridine rings is 1. The number of para-hydroxylation sites is 2. The molecule has 4 nitrogen and oxygen atoms in total. The van der Waals surface area contributed by atoms with Crippen LogP contribution in [0.2, 0.25) is 0 Å². The lowest BCUT2D eigenvalue weighted by molar-refractivity contribution is -0.275. The normalized spacial score (nSPS) is 12.0. The minimum absolute atomic E-state index is 0.0274. The summed E-state index contributed by atoms with van der Waals surface area (Å²) in [5, 5.41) is 9.41. The lowest BCUT2D eigenvalue weighted by Gasteiger charge is -2.18. The summed E-state index contributed by atoms with van der Waals surface area (Å²) in [5.41, 5.74) is 0.0141. The summed E-state index contributed by atoms with van der Waals surface area (Å²) in [6, 6.07) is 11.5. The lowest BCUT2D eigenvalue weighted by Crippen LogP contribution is -2.18. The van der Waals surface area contributed by atoms with E-state index in [1.807, 2.05) is 0 Å². The molecule has 0 aliphatic heterocycles. The zero-order valence-electron chi connectivity index (χ0n) is 15.0. The van der Waals surface area contributed by atoms with Crippen LogP contribution < -0.4 is 9.47 Å². The van der Waals surface area contributed by atoms with Gasteiger partial charge in [0.1, 0.15) is 11.5 Å². The van der Waals surface area contributed by atoms with Gasteiger partial charge in [-0.1, -0.05) is 30.3 Å². The number of halogens is 6. The van der Waals surface area contributed by atoms with Gasteiger partial charge in [0.05, 0.1) is 12.3 Å². The lowest BCUT2D eigenvalue weighted by atomic mass is 9.96. The maximum Gasteiger partial charge on any atom is 0.573 e. The average Bonchev–Trinajstić information content (AvgIpc) is 2.66. The van der Waals surface area contributed by atoms with E-state index in [0.29, 0.717) is 0 Å². The highest BCUT2D eigenvalue weighted by Gasteiger charge is 2.34. The first-order chi connectivity index (χ1) is 14.1. The smallest absolute Gasteiger partial charge is 0.405 e. The summed E-state index contributed by atoms with van der Waals surface area (Å²) in [6.07, 6.45) is -8.77. The topological polar surface area (TPSA) is 51.6 Å². The van der Waals surface area contributed by atoms with Crippen LogP contribution in [-0.2, 0) is 6.61 Å². The van der Waals surface area contributed by atoms with Crippen molar-refractivity contribution in [2.75, 3.05) is 0 Å². The van der Waals surface area contributed by atoms with Gasteiger partial charge in [0, 0.05) is 22.9 Å². The van der Waals surface area contributed by atoms with E-state index in [2.05, 4.69) is 14.5 Å². The molecule has 0 amide bonds. The standard InChI is InChI=1S/C20H13F6NO3/c21-19(22,23)29-16-7-3-1-5-13(16)15-9-12(11-28)10-27-18(15)14-6-2-4-8-17(14)30-20(24,25)26/h1-10,28H,11H2. The van der Waals surface area contributed by atoms with Crippen molar-refractivity contribution in [2.45, 2.75) is 19.3 Å². The predicted octanol–water partition coefficient (Wildman–Crippen LogP) is 5.71. The number of benzene rings is 2. The van der Waals surface area contributed by atoms with Crippen LogP contribution in [0.15, 0.2) is 60.8 Å². The van der Waals surface area contributed by atoms with Crippen molar-refractivity contribution in [3.05, 3.63) is 66.4 Å². The molecular formula is C20H13F6NO3. The zero-order chi connectivity index (χ0) is 21.9. The minimum Gasteiger partial charge on any atom is -0.405 e. The molecule has 1 N–H and O–H groups in total. The van der Waals surface area contributed by atoms with E-state index in [1.165, 1.54) is 48.7 Å². The molecular weight excluding hydrogens is 416 g/mol. The highest BCUT2D eigenvalue weighted by Crippen LogP contribution is 2.42. The van der Waals surface area contributed by atoms with E-state index in [-0.39, 0.29) is 27.9 Å². The molecule has 0 atom stereocenters. The largest absolute Gasteiger partial charge is 0.573 e. The van der Waals surface area contributed by atoms with Gasteiger partial charge in [-0.3, -0.25) is 4.98 Å². The Hall–Kier alpha value is -3.27. The van der Waals surface area contributed by atoms with E-state index < -0.39 is 30.8 Å². The first kappa shape index (κ1) is 21.4. The summed E-state index contributed by atoms with van der Waals surface area (Å²) in [6.45, 7) is -0.483. The number of alkyl halides is 6. The molecule has 3 aromatic rings. The van der Waals surface area contributed by atoms with E-state index in [9.17, 15) is 31.4 Å². The van der Waals surface area contributed by atoms with Crippen molar-refractivity contribution in [3.63, 3.8) is 0 Å². The third-order valence-electron chi connectivity index (χ3n) is 3.90. The summed E-state index contributed by atoms with van der Waals surface area (Å²) in [7, 11) is 0. The fourth-order valence-corrected chi connectivity index (χ4v) is 2.79. The Bertz CT molecular complexity index is 1030. The van der Waals surface area contributed by atoms with Crippen LogP contribution in [-0.4, -0.2) is 22.8 Å². The molecule has 0 spiro atoms. The van der Waals surface area contributed by atoms with Crippen LogP contribution in [0, 0.1) is 0 Å².